The third-order valence-electron chi connectivity index (χ3n) is 12.7. The summed E-state index contributed by atoms with van der Waals surface area (Å²) >= 11 is 0. The molecule has 312 valence electrons. The lowest BCUT2D eigenvalue weighted by molar-refractivity contribution is -0.135. The second-order valence-corrected chi connectivity index (χ2v) is 16.4. The van der Waals surface area contributed by atoms with Crippen LogP contribution in [0.3, 0.4) is 0 Å². The van der Waals surface area contributed by atoms with Crippen molar-refractivity contribution in [2.24, 2.45) is 5.92 Å². The molecule has 3 N–H and O–H groups in total. The Bertz CT molecular complexity index is 2530. The number of benzene rings is 2. The molecule has 3 saturated heterocycles. The van der Waals surface area contributed by atoms with Crippen LogP contribution in [0.2, 0.25) is 0 Å². The number of anilines is 2. The molecule has 3 aromatic heterocycles. The van der Waals surface area contributed by atoms with Crippen LogP contribution in [-0.4, -0.2) is 86.0 Å². The van der Waals surface area contributed by atoms with Crippen molar-refractivity contribution < 1.29 is 23.2 Å². The number of piperidine rings is 3. The minimum absolute atomic E-state index is 0.00360. The van der Waals surface area contributed by atoms with Crippen LogP contribution in [-0.2, 0) is 14.4 Å². The van der Waals surface area contributed by atoms with Crippen molar-refractivity contribution in [3.8, 4) is 16.9 Å². The number of carbonyl (C=O) groups is 3. The Morgan fingerprint density at radius 3 is 2.37 bits per heavy atom. The second kappa shape index (κ2) is 16.8. The monoisotopic (exact) mass is 817 g/mol. The Morgan fingerprint density at radius 2 is 1.60 bits per heavy atom. The number of fused-ring (bicyclic) bond motifs is 1. The topological polar surface area (TPSA) is 177 Å². The number of amides is 3. The second-order valence-electron chi connectivity index (χ2n) is 16.4. The van der Waals surface area contributed by atoms with Gasteiger partial charge in [0.25, 0.3) is 5.56 Å². The molecule has 2 aromatic carbocycles. The average molecular weight is 818 g/mol. The summed E-state index contributed by atoms with van der Waals surface area (Å²) in [6.45, 7) is 3.48. The highest BCUT2D eigenvalue weighted by atomic mass is 19.1. The van der Waals surface area contributed by atoms with Gasteiger partial charge in [-0.1, -0.05) is 18.2 Å². The van der Waals surface area contributed by atoms with Crippen molar-refractivity contribution in [2.45, 2.75) is 88.4 Å². The fourth-order valence-electron chi connectivity index (χ4n) is 9.43. The molecule has 3 amide bonds. The number of nitrogens with zero attached hydrogens (tertiary/aromatic N) is 6. The molecule has 16 heteroatoms. The first-order valence-electron chi connectivity index (χ1n) is 21.0. The Balaban J connectivity index is 0.720. The number of hydrogen-bond donors (Lipinski definition) is 3. The summed E-state index contributed by atoms with van der Waals surface area (Å²) in [6, 6.07) is 17.5. The third-order valence-corrected chi connectivity index (χ3v) is 12.7. The molecule has 1 aliphatic carbocycles. The van der Waals surface area contributed by atoms with E-state index >= 15 is 0 Å². The highest BCUT2D eigenvalue weighted by Gasteiger charge is 2.34. The van der Waals surface area contributed by atoms with Gasteiger partial charge in [0.2, 0.25) is 23.7 Å². The van der Waals surface area contributed by atoms with E-state index in [4.69, 9.17) is 4.42 Å². The van der Waals surface area contributed by atoms with Gasteiger partial charge in [-0.3, -0.25) is 33.6 Å². The SMILES string of the molecule is O=C1CCC(n2c(=O)oc3cc(N4CCC(N5CCC(C(=O)N[C@H]6CC[C@H](Nc7ncc(F)c(-c8cccc(-n9ccccc9=O)c8)n7)CC6)CC5)CC4)ccc32)C(=O)N1. The molecule has 15 nitrogen and oxygen atoms in total. The largest absolute Gasteiger partial charge is 0.420 e. The zero-order chi connectivity index (χ0) is 41.3. The Kier molecular flexibility index (Phi) is 11.0. The van der Waals surface area contributed by atoms with Gasteiger partial charge in [0.05, 0.1) is 11.7 Å². The first kappa shape index (κ1) is 39.3. The lowest BCUT2D eigenvalue weighted by Crippen LogP contribution is -2.50. The summed E-state index contributed by atoms with van der Waals surface area (Å²) in [5.41, 5.74) is 3.06. The lowest BCUT2D eigenvalue weighted by Gasteiger charge is -2.42. The van der Waals surface area contributed by atoms with E-state index in [1.807, 2.05) is 18.2 Å². The van der Waals surface area contributed by atoms with E-state index in [1.165, 1.54) is 21.4 Å². The van der Waals surface area contributed by atoms with Gasteiger partial charge in [-0.15, -0.1) is 0 Å². The average Bonchev–Trinajstić information content (AvgIpc) is 3.59. The van der Waals surface area contributed by atoms with Gasteiger partial charge in [-0.05, 0) is 101 Å². The van der Waals surface area contributed by atoms with Crippen LogP contribution in [0.25, 0.3) is 28.0 Å². The number of rotatable bonds is 9. The number of halogens is 1. The van der Waals surface area contributed by atoms with E-state index in [1.54, 1.807) is 42.6 Å². The van der Waals surface area contributed by atoms with Gasteiger partial charge >= 0.3 is 5.76 Å². The highest BCUT2D eigenvalue weighted by Crippen LogP contribution is 2.31. The van der Waals surface area contributed by atoms with Gasteiger partial charge in [-0.25, -0.2) is 19.2 Å². The quantitative estimate of drug-likeness (QED) is 0.178. The third kappa shape index (κ3) is 8.20. The minimum Gasteiger partial charge on any atom is -0.408 e. The van der Waals surface area contributed by atoms with E-state index in [2.05, 4.69) is 35.7 Å². The number of oxazole rings is 1. The van der Waals surface area contributed by atoms with Crippen molar-refractivity contribution in [1.82, 2.24) is 34.6 Å². The maximum absolute atomic E-state index is 15.0. The highest BCUT2D eigenvalue weighted by molar-refractivity contribution is 6.00. The smallest absolute Gasteiger partial charge is 0.408 e. The van der Waals surface area contributed by atoms with Gasteiger partial charge in [0.1, 0.15) is 11.7 Å². The maximum Gasteiger partial charge on any atom is 0.420 e. The van der Waals surface area contributed by atoms with Crippen LogP contribution < -0.4 is 32.2 Å². The van der Waals surface area contributed by atoms with E-state index < -0.39 is 23.5 Å². The molecule has 9 rings (SSSR count). The first-order valence-corrected chi connectivity index (χ1v) is 21.0. The van der Waals surface area contributed by atoms with Crippen molar-refractivity contribution in [3.63, 3.8) is 0 Å². The summed E-state index contributed by atoms with van der Waals surface area (Å²) in [5.74, 6) is -1.50. The number of aromatic nitrogens is 4. The summed E-state index contributed by atoms with van der Waals surface area (Å²) in [5, 5.41) is 9.03. The molecule has 6 heterocycles. The van der Waals surface area contributed by atoms with Crippen molar-refractivity contribution in [1.29, 1.82) is 0 Å². The minimum atomic E-state index is -0.772. The summed E-state index contributed by atoms with van der Waals surface area (Å²) in [4.78, 5) is 76.2. The molecule has 0 spiro atoms. The van der Waals surface area contributed by atoms with Crippen molar-refractivity contribution in [2.75, 3.05) is 36.4 Å². The van der Waals surface area contributed by atoms with Crippen LogP contribution in [0.1, 0.15) is 70.3 Å². The molecule has 5 aromatic rings. The number of likely N-dealkylation sites (tertiary alicyclic amines) is 1. The Hall–Kier alpha value is -6.16. The van der Waals surface area contributed by atoms with Crippen LogP contribution in [0.4, 0.5) is 16.0 Å². The van der Waals surface area contributed by atoms with E-state index in [0.717, 1.165) is 83.2 Å². The van der Waals surface area contributed by atoms with Gasteiger partial charge in [-0.2, -0.15) is 0 Å². The first-order chi connectivity index (χ1) is 29.2. The molecule has 3 aliphatic heterocycles. The van der Waals surface area contributed by atoms with Crippen LogP contribution in [0.5, 0.6) is 0 Å². The summed E-state index contributed by atoms with van der Waals surface area (Å²) in [6.07, 6.45) is 10.2. The van der Waals surface area contributed by atoms with Crippen molar-refractivity contribution in [3.05, 3.63) is 99.8 Å². The van der Waals surface area contributed by atoms with Crippen LogP contribution in [0, 0.1) is 11.7 Å². The Labute approximate surface area is 345 Å². The standard InChI is InChI=1S/C44H48FN9O6/c45-34-26-46-43(50-40(34)28-4-3-5-33(24-28)53-19-2-1-6-39(53)56)48-30-9-7-29(8-10-30)47-41(57)27-15-20-51(21-16-27)31-17-22-52(23-18-31)32-11-12-35-37(25-32)60-44(59)54(35)36-13-14-38(55)49-42(36)58/h1-6,11-12,19,24-27,29-31,36H,7-10,13-18,20-23H2,(H,47,57)(H,46,48,50)(H,49,55,58)/t29-,30-,36?. The predicted octanol–water partition coefficient (Wildman–Crippen LogP) is 4.54. The zero-order valence-electron chi connectivity index (χ0n) is 33.2. The normalized spacial score (nSPS) is 22.1. The fourth-order valence-corrected chi connectivity index (χ4v) is 9.43. The number of nitrogens with one attached hydrogen (secondary N) is 3. The molecular weight excluding hydrogens is 770 g/mol. The zero-order valence-corrected chi connectivity index (χ0v) is 33.2. The number of hydrogen-bond acceptors (Lipinski definition) is 11. The van der Waals surface area contributed by atoms with Crippen LogP contribution >= 0.6 is 0 Å². The molecule has 1 saturated carbocycles. The molecule has 60 heavy (non-hydrogen) atoms. The number of carbonyl (C=O) groups excluding carboxylic acids is 3. The van der Waals surface area contributed by atoms with Gasteiger partial charge < -0.3 is 24.9 Å². The number of pyridine rings is 1. The molecule has 4 fully saturated rings. The molecule has 0 bridgehead atoms. The van der Waals surface area contributed by atoms with E-state index in [0.29, 0.717) is 34.3 Å². The van der Waals surface area contributed by atoms with E-state index in [-0.39, 0.29) is 53.9 Å². The molecule has 0 radical (unpaired) electrons. The number of imide groups is 1. The Morgan fingerprint density at radius 1 is 0.817 bits per heavy atom. The molecule has 1 unspecified atom stereocenters. The van der Waals surface area contributed by atoms with Crippen molar-refractivity contribution >= 4 is 40.5 Å². The summed E-state index contributed by atoms with van der Waals surface area (Å²) in [7, 11) is 0. The van der Waals surface area contributed by atoms with Gasteiger partial charge in [0.15, 0.2) is 11.4 Å². The fraction of sp³-hybridized carbons (Fsp3) is 0.432. The lowest BCUT2D eigenvalue weighted by atomic mass is 9.89. The van der Waals surface area contributed by atoms with Crippen LogP contribution in [0.15, 0.2) is 87.1 Å². The molecule has 1 atom stereocenters. The molecule has 4 aliphatic rings. The van der Waals surface area contributed by atoms with Gasteiger partial charge in [0, 0.05) is 78.8 Å². The molecular formula is C44H48FN9O6. The van der Waals surface area contributed by atoms with E-state index in [9.17, 15) is 28.4 Å². The summed E-state index contributed by atoms with van der Waals surface area (Å²) < 4.78 is 23.4. The predicted molar refractivity (Wildman–Crippen MR) is 222 cm³/mol. The maximum atomic E-state index is 15.0.